The molecule has 19 heavy (non-hydrogen) atoms. The molecule has 1 fully saturated rings. The summed E-state index contributed by atoms with van der Waals surface area (Å²) in [4.78, 5) is 22.6. The van der Waals surface area contributed by atoms with Gasteiger partial charge in [-0.05, 0) is 36.8 Å². The number of carboxylic acid groups (broad SMARTS) is 1. The summed E-state index contributed by atoms with van der Waals surface area (Å²) in [5.41, 5.74) is 0.206. The van der Waals surface area contributed by atoms with Crippen molar-refractivity contribution in [3.63, 3.8) is 0 Å². The Balaban J connectivity index is 1.95. The van der Waals surface area contributed by atoms with Crippen LogP contribution in [0.2, 0.25) is 0 Å². The molecule has 1 aromatic heterocycles. The van der Waals surface area contributed by atoms with Gasteiger partial charge in [0, 0.05) is 6.54 Å². The minimum Gasteiger partial charge on any atom is -0.475 e. The molecule has 104 valence electrons. The normalized spacial score (nSPS) is 17.3. The summed E-state index contributed by atoms with van der Waals surface area (Å²) in [6.45, 7) is 2.78. The molecular formula is C14H19NO4. The van der Waals surface area contributed by atoms with Crippen molar-refractivity contribution in [2.24, 2.45) is 5.41 Å². The van der Waals surface area contributed by atoms with Crippen molar-refractivity contribution in [3.05, 3.63) is 23.7 Å². The van der Waals surface area contributed by atoms with Gasteiger partial charge in [-0.3, -0.25) is 4.79 Å². The van der Waals surface area contributed by atoms with Crippen molar-refractivity contribution in [2.45, 2.75) is 39.0 Å². The highest BCUT2D eigenvalue weighted by atomic mass is 16.4. The zero-order chi connectivity index (χ0) is 13.9. The molecule has 0 unspecified atom stereocenters. The maximum Gasteiger partial charge on any atom is 0.371 e. The Kier molecular flexibility index (Phi) is 3.93. The lowest BCUT2D eigenvalue weighted by Crippen LogP contribution is -2.35. The van der Waals surface area contributed by atoms with Gasteiger partial charge in [0.25, 0.3) is 5.91 Å². The third kappa shape index (κ3) is 2.97. The van der Waals surface area contributed by atoms with Gasteiger partial charge < -0.3 is 14.8 Å². The molecule has 0 radical (unpaired) electrons. The van der Waals surface area contributed by atoms with Crippen LogP contribution in [-0.4, -0.2) is 23.5 Å². The number of rotatable bonds is 5. The van der Waals surface area contributed by atoms with Gasteiger partial charge in [0.2, 0.25) is 5.76 Å². The monoisotopic (exact) mass is 265 g/mol. The van der Waals surface area contributed by atoms with Crippen molar-refractivity contribution in [3.8, 4) is 0 Å². The molecule has 2 N–H and O–H groups in total. The topological polar surface area (TPSA) is 79.5 Å². The third-order valence-corrected chi connectivity index (χ3v) is 4.08. The molecule has 0 spiro atoms. The van der Waals surface area contributed by atoms with Crippen LogP contribution in [0, 0.1) is 5.41 Å². The van der Waals surface area contributed by atoms with Crippen molar-refractivity contribution < 1.29 is 19.1 Å². The predicted octanol–water partition coefficient (Wildman–Crippen LogP) is 2.68. The lowest BCUT2D eigenvalue weighted by molar-refractivity contribution is 0.0659. The Labute approximate surface area is 112 Å². The number of carbonyl (C=O) groups is 2. The van der Waals surface area contributed by atoms with E-state index in [2.05, 4.69) is 12.2 Å². The maximum atomic E-state index is 11.9. The largest absolute Gasteiger partial charge is 0.475 e. The fourth-order valence-electron chi connectivity index (χ4n) is 2.71. The molecule has 1 heterocycles. The molecule has 5 nitrogen and oxygen atoms in total. The molecule has 1 aliphatic rings. The van der Waals surface area contributed by atoms with Crippen molar-refractivity contribution in [1.82, 2.24) is 5.32 Å². The molecular weight excluding hydrogens is 246 g/mol. The summed E-state index contributed by atoms with van der Waals surface area (Å²) in [6, 6.07) is 2.69. The standard InChI is InChI=1S/C14H19NO4/c1-2-14(7-3-4-8-14)9-15-12(16)10-5-6-11(19-10)13(17)18/h5-6H,2-4,7-9H2,1H3,(H,15,16)(H,17,18). The fourth-order valence-corrected chi connectivity index (χ4v) is 2.71. The molecule has 1 aromatic rings. The van der Waals surface area contributed by atoms with Crippen LogP contribution in [0.15, 0.2) is 16.5 Å². The minimum atomic E-state index is -1.17. The van der Waals surface area contributed by atoms with E-state index < -0.39 is 5.97 Å². The average molecular weight is 265 g/mol. The fraction of sp³-hybridized carbons (Fsp3) is 0.571. The number of amides is 1. The van der Waals surface area contributed by atoms with Crippen LogP contribution in [0.5, 0.6) is 0 Å². The minimum absolute atomic E-state index is 0.0571. The smallest absolute Gasteiger partial charge is 0.371 e. The van der Waals surface area contributed by atoms with Crippen LogP contribution < -0.4 is 5.32 Å². The van der Waals surface area contributed by atoms with Gasteiger partial charge in [-0.1, -0.05) is 19.8 Å². The number of hydrogen-bond acceptors (Lipinski definition) is 3. The highest BCUT2D eigenvalue weighted by Crippen LogP contribution is 2.40. The third-order valence-electron chi connectivity index (χ3n) is 4.08. The summed E-state index contributed by atoms with van der Waals surface area (Å²) >= 11 is 0. The molecule has 0 saturated heterocycles. The van der Waals surface area contributed by atoms with E-state index >= 15 is 0 Å². The summed E-state index contributed by atoms with van der Waals surface area (Å²) < 4.78 is 4.98. The van der Waals surface area contributed by atoms with Gasteiger partial charge in [-0.2, -0.15) is 0 Å². The highest BCUT2D eigenvalue weighted by Gasteiger charge is 2.32. The average Bonchev–Trinajstić information content (AvgIpc) is 3.06. The molecule has 0 aliphatic heterocycles. The van der Waals surface area contributed by atoms with Gasteiger partial charge in [0.1, 0.15) is 0 Å². The Morgan fingerprint density at radius 2 is 1.95 bits per heavy atom. The van der Waals surface area contributed by atoms with E-state index in [1.165, 1.54) is 25.0 Å². The second kappa shape index (κ2) is 5.47. The molecule has 1 saturated carbocycles. The highest BCUT2D eigenvalue weighted by molar-refractivity contribution is 5.93. The van der Waals surface area contributed by atoms with Crippen LogP contribution in [0.25, 0.3) is 0 Å². The summed E-state index contributed by atoms with van der Waals surface area (Å²) in [6.07, 6.45) is 5.76. The van der Waals surface area contributed by atoms with Crippen LogP contribution in [0.3, 0.4) is 0 Å². The first-order valence-corrected chi connectivity index (χ1v) is 6.68. The van der Waals surface area contributed by atoms with E-state index in [-0.39, 0.29) is 22.8 Å². The number of hydrogen-bond donors (Lipinski definition) is 2. The van der Waals surface area contributed by atoms with E-state index in [4.69, 9.17) is 9.52 Å². The lowest BCUT2D eigenvalue weighted by Gasteiger charge is -2.27. The van der Waals surface area contributed by atoms with Crippen LogP contribution in [-0.2, 0) is 0 Å². The number of aromatic carboxylic acids is 1. The second-order valence-electron chi connectivity index (χ2n) is 5.21. The first-order valence-electron chi connectivity index (χ1n) is 6.68. The molecule has 0 aromatic carbocycles. The Hall–Kier alpha value is -1.78. The molecule has 0 atom stereocenters. The lowest BCUT2D eigenvalue weighted by atomic mass is 9.83. The maximum absolute atomic E-state index is 11.9. The van der Waals surface area contributed by atoms with E-state index in [1.807, 2.05) is 0 Å². The SMILES string of the molecule is CCC1(CNC(=O)c2ccc(C(=O)O)o2)CCCC1. The van der Waals surface area contributed by atoms with E-state index in [1.54, 1.807) is 0 Å². The quantitative estimate of drug-likeness (QED) is 0.857. The first kappa shape index (κ1) is 13.6. The van der Waals surface area contributed by atoms with Crippen LogP contribution in [0.4, 0.5) is 0 Å². The number of furan rings is 1. The Bertz CT molecular complexity index is 472. The number of carbonyl (C=O) groups excluding carboxylic acids is 1. The molecule has 2 rings (SSSR count). The van der Waals surface area contributed by atoms with Gasteiger partial charge in [0.05, 0.1) is 0 Å². The molecule has 0 bridgehead atoms. The van der Waals surface area contributed by atoms with Gasteiger partial charge in [0.15, 0.2) is 5.76 Å². The zero-order valence-electron chi connectivity index (χ0n) is 11.1. The van der Waals surface area contributed by atoms with Gasteiger partial charge in [-0.15, -0.1) is 0 Å². The predicted molar refractivity (Wildman–Crippen MR) is 69.2 cm³/mol. The molecule has 1 amide bonds. The van der Waals surface area contributed by atoms with E-state index in [9.17, 15) is 9.59 Å². The molecule has 5 heteroatoms. The van der Waals surface area contributed by atoms with Gasteiger partial charge >= 0.3 is 5.97 Å². The summed E-state index contributed by atoms with van der Waals surface area (Å²) in [5, 5.41) is 11.6. The van der Waals surface area contributed by atoms with Crippen molar-refractivity contribution in [2.75, 3.05) is 6.54 Å². The van der Waals surface area contributed by atoms with Crippen molar-refractivity contribution >= 4 is 11.9 Å². The van der Waals surface area contributed by atoms with Gasteiger partial charge in [-0.25, -0.2) is 4.79 Å². The number of carboxylic acids is 1. The van der Waals surface area contributed by atoms with Crippen LogP contribution in [0.1, 0.15) is 60.1 Å². The zero-order valence-corrected chi connectivity index (χ0v) is 11.1. The number of nitrogens with one attached hydrogen (secondary N) is 1. The van der Waals surface area contributed by atoms with E-state index in [0.29, 0.717) is 6.54 Å². The first-order chi connectivity index (χ1) is 9.06. The van der Waals surface area contributed by atoms with E-state index in [0.717, 1.165) is 19.3 Å². The van der Waals surface area contributed by atoms with Crippen molar-refractivity contribution in [1.29, 1.82) is 0 Å². The van der Waals surface area contributed by atoms with Crippen LogP contribution >= 0.6 is 0 Å². The Morgan fingerprint density at radius 1 is 1.32 bits per heavy atom. The summed E-state index contributed by atoms with van der Waals surface area (Å²) in [5.74, 6) is -1.66. The molecule has 1 aliphatic carbocycles. The second-order valence-corrected chi connectivity index (χ2v) is 5.21. The Morgan fingerprint density at radius 3 is 2.47 bits per heavy atom. The summed E-state index contributed by atoms with van der Waals surface area (Å²) in [7, 11) is 0.